The maximum atomic E-state index is 12.0. The van der Waals surface area contributed by atoms with Crippen molar-refractivity contribution in [3.8, 4) is 5.75 Å². The van der Waals surface area contributed by atoms with Gasteiger partial charge in [0, 0.05) is 11.1 Å². The average molecular weight is 349 g/mol. The largest absolute Gasteiger partial charge is 0.490 e. The first-order valence-corrected chi connectivity index (χ1v) is 7.48. The van der Waals surface area contributed by atoms with Crippen molar-refractivity contribution in [2.24, 2.45) is 5.10 Å². The summed E-state index contributed by atoms with van der Waals surface area (Å²) in [5, 5.41) is 4.79. The zero-order valence-corrected chi connectivity index (χ0v) is 13.6. The summed E-state index contributed by atoms with van der Waals surface area (Å²) in [6, 6.07) is 11.8. The van der Waals surface area contributed by atoms with Gasteiger partial charge >= 0.3 is 0 Å². The Balaban J connectivity index is 1.99. The number of amides is 1. The van der Waals surface area contributed by atoms with E-state index in [9.17, 15) is 4.79 Å². The molecule has 0 radical (unpaired) electrons. The van der Waals surface area contributed by atoms with Crippen LogP contribution in [0.5, 0.6) is 5.75 Å². The smallest absolute Gasteiger partial charge is 0.271 e. The van der Waals surface area contributed by atoms with Gasteiger partial charge in [-0.2, -0.15) is 5.10 Å². The molecular weight excluding hydrogens is 335 g/mol. The summed E-state index contributed by atoms with van der Waals surface area (Å²) in [6.45, 7) is 3.98. The molecule has 0 spiro atoms. The molecule has 6 heteroatoms. The maximum absolute atomic E-state index is 12.0. The molecule has 0 aliphatic carbocycles. The molecule has 2 aromatic rings. The summed E-state index contributed by atoms with van der Waals surface area (Å²) in [4.78, 5) is 12.0. The fraction of sp³-hybridized carbons (Fsp3) is 0.0588. The highest BCUT2D eigenvalue weighted by Gasteiger charge is 2.05. The number of benzene rings is 2. The van der Waals surface area contributed by atoms with Gasteiger partial charge in [0.15, 0.2) is 0 Å². The van der Waals surface area contributed by atoms with E-state index in [0.29, 0.717) is 33.5 Å². The molecule has 1 N–H and O–H groups in total. The van der Waals surface area contributed by atoms with Crippen molar-refractivity contribution in [1.29, 1.82) is 0 Å². The number of carbonyl (C=O) groups is 1. The van der Waals surface area contributed by atoms with Gasteiger partial charge in [-0.25, -0.2) is 5.43 Å². The maximum Gasteiger partial charge on any atom is 0.271 e. The van der Waals surface area contributed by atoms with Crippen molar-refractivity contribution >= 4 is 35.3 Å². The number of rotatable bonds is 6. The second kappa shape index (κ2) is 8.36. The van der Waals surface area contributed by atoms with Gasteiger partial charge in [0.2, 0.25) is 0 Å². The Morgan fingerprint density at radius 1 is 1.17 bits per heavy atom. The van der Waals surface area contributed by atoms with E-state index in [0.717, 1.165) is 0 Å². The van der Waals surface area contributed by atoms with Crippen molar-refractivity contribution in [2.45, 2.75) is 0 Å². The third-order valence-corrected chi connectivity index (χ3v) is 3.50. The molecule has 2 aromatic carbocycles. The molecule has 0 aliphatic heterocycles. The van der Waals surface area contributed by atoms with E-state index < -0.39 is 0 Å². The quantitative estimate of drug-likeness (QED) is 0.480. The Bertz CT molecular complexity index is 708. The molecule has 0 heterocycles. The van der Waals surface area contributed by atoms with Gasteiger partial charge in [-0.3, -0.25) is 4.79 Å². The highest BCUT2D eigenvalue weighted by molar-refractivity contribution is 6.38. The normalized spacial score (nSPS) is 10.5. The average Bonchev–Trinajstić information content (AvgIpc) is 2.56. The molecule has 0 fully saturated rings. The Kier molecular flexibility index (Phi) is 6.20. The van der Waals surface area contributed by atoms with Crippen molar-refractivity contribution in [3.05, 3.63) is 76.3 Å². The number of carbonyl (C=O) groups excluding carboxylic acids is 1. The van der Waals surface area contributed by atoms with Crippen molar-refractivity contribution in [2.75, 3.05) is 6.61 Å². The molecule has 0 unspecified atom stereocenters. The minimum absolute atomic E-state index is 0.348. The molecule has 0 saturated heterocycles. The molecule has 23 heavy (non-hydrogen) atoms. The van der Waals surface area contributed by atoms with Crippen LogP contribution in [-0.4, -0.2) is 18.7 Å². The van der Waals surface area contributed by atoms with Gasteiger partial charge in [-0.1, -0.05) is 41.9 Å². The number of nitrogens with zero attached hydrogens (tertiary/aromatic N) is 1. The third kappa shape index (κ3) is 4.84. The molecule has 0 atom stereocenters. The molecule has 0 aliphatic rings. The lowest BCUT2D eigenvalue weighted by Gasteiger charge is -2.04. The summed E-state index contributed by atoms with van der Waals surface area (Å²) in [6.07, 6.45) is 3.05. The van der Waals surface area contributed by atoms with Gasteiger partial charge < -0.3 is 4.74 Å². The third-order valence-electron chi connectivity index (χ3n) is 2.84. The molecule has 1 amide bonds. The minimum Gasteiger partial charge on any atom is -0.490 e. The van der Waals surface area contributed by atoms with Crippen LogP contribution < -0.4 is 10.2 Å². The minimum atomic E-state index is -0.348. The predicted molar refractivity (Wildman–Crippen MR) is 93.7 cm³/mol. The van der Waals surface area contributed by atoms with Gasteiger partial charge in [0.25, 0.3) is 5.91 Å². The Labute approximate surface area is 144 Å². The summed E-state index contributed by atoms with van der Waals surface area (Å²) < 4.78 is 5.35. The van der Waals surface area contributed by atoms with Crippen LogP contribution in [0.2, 0.25) is 10.0 Å². The lowest BCUT2D eigenvalue weighted by Crippen LogP contribution is -2.17. The molecular formula is C17H14Cl2N2O2. The second-order valence-corrected chi connectivity index (χ2v) is 5.27. The SMILES string of the molecule is C=CCOc1ccc(C(=O)N/N=C\c2c(Cl)cccc2Cl)cc1. The van der Waals surface area contributed by atoms with Gasteiger partial charge in [0.1, 0.15) is 12.4 Å². The summed E-state index contributed by atoms with van der Waals surface area (Å²) in [5.74, 6) is 0.312. The number of hydrogen-bond donors (Lipinski definition) is 1. The lowest BCUT2D eigenvalue weighted by atomic mass is 10.2. The first kappa shape index (κ1) is 17.1. The Hall–Kier alpha value is -2.30. The summed E-state index contributed by atoms with van der Waals surface area (Å²) in [7, 11) is 0. The standard InChI is InChI=1S/C17H14Cl2N2O2/c1-2-10-23-13-8-6-12(7-9-13)17(22)21-20-11-14-15(18)4-3-5-16(14)19/h2-9,11H,1,10H2,(H,21,22)/b20-11-. The zero-order chi connectivity index (χ0) is 16.7. The Morgan fingerprint density at radius 2 is 1.83 bits per heavy atom. The van der Waals surface area contributed by atoms with Gasteiger partial charge in [-0.05, 0) is 36.4 Å². The fourth-order valence-electron chi connectivity index (χ4n) is 1.71. The number of halogens is 2. The number of hydrazone groups is 1. The molecule has 2 rings (SSSR count). The number of ether oxygens (including phenoxy) is 1. The van der Waals surface area contributed by atoms with Crippen molar-refractivity contribution in [3.63, 3.8) is 0 Å². The van der Waals surface area contributed by atoms with Crippen LogP contribution in [0.3, 0.4) is 0 Å². The van der Waals surface area contributed by atoms with Gasteiger partial charge in [-0.15, -0.1) is 0 Å². The van der Waals surface area contributed by atoms with Gasteiger partial charge in [0.05, 0.1) is 16.3 Å². The molecule has 4 nitrogen and oxygen atoms in total. The zero-order valence-electron chi connectivity index (χ0n) is 12.1. The van der Waals surface area contributed by atoms with E-state index >= 15 is 0 Å². The first-order chi connectivity index (χ1) is 11.1. The van der Waals surface area contributed by atoms with E-state index in [1.54, 1.807) is 48.5 Å². The highest BCUT2D eigenvalue weighted by Crippen LogP contribution is 2.22. The lowest BCUT2D eigenvalue weighted by molar-refractivity contribution is 0.0955. The van der Waals surface area contributed by atoms with E-state index in [-0.39, 0.29) is 5.91 Å². The highest BCUT2D eigenvalue weighted by atomic mass is 35.5. The molecule has 0 bridgehead atoms. The number of hydrogen-bond acceptors (Lipinski definition) is 3. The number of nitrogens with one attached hydrogen (secondary N) is 1. The van der Waals surface area contributed by atoms with E-state index in [1.165, 1.54) is 6.21 Å². The van der Waals surface area contributed by atoms with E-state index in [2.05, 4.69) is 17.1 Å². The van der Waals surface area contributed by atoms with Crippen LogP contribution in [-0.2, 0) is 0 Å². The van der Waals surface area contributed by atoms with Crippen LogP contribution in [0, 0.1) is 0 Å². The topological polar surface area (TPSA) is 50.7 Å². The summed E-state index contributed by atoms with van der Waals surface area (Å²) >= 11 is 12.0. The first-order valence-electron chi connectivity index (χ1n) is 6.73. The van der Waals surface area contributed by atoms with Crippen LogP contribution >= 0.6 is 23.2 Å². The van der Waals surface area contributed by atoms with E-state index in [4.69, 9.17) is 27.9 Å². The predicted octanol–water partition coefficient (Wildman–Crippen LogP) is 4.32. The van der Waals surface area contributed by atoms with E-state index in [1.807, 2.05) is 0 Å². The summed E-state index contributed by atoms with van der Waals surface area (Å²) in [5.41, 5.74) is 3.42. The van der Waals surface area contributed by atoms with Crippen LogP contribution in [0.4, 0.5) is 0 Å². The van der Waals surface area contributed by atoms with Crippen LogP contribution in [0.15, 0.2) is 60.2 Å². The van der Waals surface area contributed by atoms with Crippen LogP contribution in [0.1, 0.15) is 15.9 Å². The van der Waals surface area contributed by atoms with Crippen molar-refractivity contribution in [1.82, 2.24) is 5.43 Å². The second-order valence-electron chi connectivity index (χ2n) is 4.46. The van der Waals surface area contributed by atoms with Crippen LogP contribution in [0.25, 0.3) is 0 Å². The Morgan fingerprint density at radius 3 is 2.43 bits per heavy atom. The molecule has 118 valence electrons. The fourth-order valence-corrected chi connectivity index (χ4v) is 2.21. The molecule has 0 saturated carbocycles. The monoisotopic (exact) mass is 348 g/mol. The van der Waals surface area contributed by atoms with Crippen molar-refractivity contribution < 1.29 is 9.53 Å². The molecule has 0 aromatic heterocycles.